The minimum Gasteiger partial charge on any atom is -0.490 e. The van der Waals surface area contributed by atoms with Crippen molar-refractivity contribution in [2.24, 2.45) is 0 Å². The number of benzene rings is 1. The Labute approximate surface area is 181 Å². The molecule has 0 radical (unpaired) electrons. The van der Waals surface area contributed by atoms with Crippen LogP contribution in [0.2, 0.25) is 5.15 Å². The summed E-state index contributed by atoms with van der Waals surface area (Å²) in [6.07, 6.45) is 6.27. The van der Waals surface area contributed by atoms with Gasteiger partial charge in [-0.25, -0.2) is 4.98 Å². The molecule has 4 rings (SSSR count). The zero-order valence-corrected chi connectivity index (χ0v) is 17.8. The predicted molar refractivity (Wildman–Crippen MR) is 117 cm³/mol. The molecular formula is C23H26ClN3O3. The van der Waals surface area contributed by atoms with E-state index < -0.39 is 0 Å². The molecular weight excluding hydrogens is 402 g/mol. The zero-order chi connectivity index (χ0) is 20.9. The first-order chi connectivity index (χ1) is 14.7. The number of halogens is 1. The summed E-state index contributed by atoms with van der Waals surface area (Å²) in [5, 5.41) is 0.638. The Kier molecular flexibility index (Phi) is 6.55. The van der Waals surface area contributed by atoms with Gasteiger partial charge in [0.1, 0.15) is 29.3 Å². The van der Waals surface area contributed by atoms with Gasteiger partial charge in [-0.3, -0.25) is 9.20 Å². The maximum absolute atomic E-state index is 12.1. The number of aromatic nitrogens is 2. The van der Waals surface area contributed by atoms with Crippen molar-refractivity contribution in [3.8, 4) is 16.9 Å². The number of hydrogen-bond donors (Lipinski definition) is 0. The molecule has 0 saturated carbocycles. The predicted octanol–water partition coefficient (Wildman–Crippen LogP) is 4.45. The highest BCUT2D eigenvalue weighted by atomic mass is 35.5. The van der Waals surface area contributed by atoms with Gasteiger partial charge in [0.15, 0.2) is 0 Å². The third-order valence-corrected chi connectivity index (χ3v) is 5.72. The minimum atomic E-state index is 0.0676. The van der Waals surface area contributed by atoms with Gasteiger partial charge < -0.3 is 14.4 Å². The van der Waals surface area contributed by atoms with E-state index in [-0.39, 0.29) is 18.6 Å². The summed E-state index contributed by atoms with van der Waals surface area (Å²) in [5.74, 6) is 0.896. The van der Waals surface area contributed by atoms with E-state index in [0.29, 0.717) is 24.8 Å². The van der Waals surface area contributed by atoms with Gasteiger partial charge in [0.25, 0.3) is 0 Å². The van der Waals surface area contributed by atoms with E-state index in [1.54, 1.807) is 6.20 Å². The minimum absolute atomic E-state index is 0.0676. The number of pyridine rings is 1. The molecule has 0 unspecified atom stereocenters. The fraction of sp³-hybridized carbons (Fsp3) is 0.391. The summed E-state index contributed by atoms with van der Waals surface area (Å²) < 4.78 is 13.4. The maximum Gasteiger partial charge on any atom is 0.248 e. The van der Waals surface area contributed by atoms with Gasteiger partial charge >= 0.3 is 0 Å². The second kappa shape index (κ2) is 9.49. The first-order valence-electron chi connectivity index (χ1n) is 10.4. The number of piperidine rings is 1. The molecule has 7 heteroatoms. The molecule has 0 atom stereocenters. The molecule has 158 valence electrons. The van der Waals surface area contributed by atoms with Crippen LogP contribution in [-0.4, -0.2) is 52.6 Å². The topological polar surface area (TPSA) is 56.1 Å². The molecule has 1 saturated heterocycles. The molecule has 0 N–H and O–H groups in total. The highest BCUT2D eigenvalue weighted by Gasteiger charge is 2.24. The Bertz CT molecular complexity index is 995. The third-order valence-electron chi connectivity index (χ3n) is 5.34. The van der Waals surface area contributed by atoms with Crippen molar-refractivity contribution in [3.05, 3.63) is 53.9 Å². The van der Waals surface area contributed by atoms with Gasteiger partial charge in [-0.05, 0) is 36.2 Å². The lowest BCUT2D eigenvalue weighted by atomic mass is 10.1. The van der Waals surface area contributed by atoms with Crippen molar-refractivity contribution in [1.29, 1.82) is 0 Å². The number of carbonyl (C=O) groups is 1. The molecule has 2 aromatic heterocycles. The smallest absolute Gasteiger partial charge is 0.248 e. The summed E-state index contributed by atoms with van der Waals surface area (Å²) in [5.41, 5.74) is 2.80. The Balaban J connectivity index is 1.33. The SMILES string of the molecule is CCCOCC(=O)N1CCC(Oc2ccc(-c3ccc4nccn4c3Cl)cc2)CC1. The van der Waals surface area contributed by atoms with E-state index in [1.807, 2.05) is 58.8 Å². The number of carbonyl (C=O) groups excluding carboxylic acids is 1. The lowest BCUT2D eigenvalue weighted by Crippen LogP contribution is -2.43. The van der Waals surface area contributed by atoms with Crippen molar-refractivity contribution in [2.75, 3.05) is 26.3 Å². The van der Waals surface area contributed by atoms with Crippen LogP contribution in [-0.2, 0) is 9.53 Å². The molecule has 30 heavy (non-hydrogen) atoms. The molecule has 0 spiro atoms. The van der Waals surface area contributed by atoms with E-state index in [0.717, 1.165) is 41.8 Å². The van der Waals surface area contributed by atoms with Crippen LogP contribution >= 0.6 is 11.6 Å². The normalized spacial score (nSPS) is 14.9. The van der Waals surface area contributed by atoms with Crippen LogP contribution in [0.4, 0.5) is 0 Å². The molecule has 1 fully saturated rings. The molecule has 6 nitrogen and oxygen atoms in total. The number of imidazole rings is 1. The van der Waals surface area contributed by atoms with E-state index in [9.17, 15) is 4.79 Å². The van der Waals surface area contributed by atoms with Crippen LogP contribution in [0, 0.1) is 0 Å². The Hall–Kier alpha value is -2.57. The molecule has 3 aromatic rings. The molecule has 3 heterocycles. The Morgan fingerprint density at radius 1 is 1.17 bits per heavy atom. The molecule has 0 bridgehead atoms. The van der Waals surface area contributed by atoms with Gasteiger partial charge in [0.05, 0.1) is 0 Å². The van der Waals surface area contributed by atoms with Crippen LogP contribution in [0.1, 0.15) is 26.2 Å². The van der Waals surface area contributed by atoms with Crippen molar-refractivity contribution in [2.45, 2.75) is 32.3 Å². The molecule has 0 aliphatic carbocycles. The van der Waals surface area contributed by atoms with E-state index >= 15 is 0 Å². The lowest BCUT2D eigenvalue weighted by Gasteiger charge is -2.32. The number of rotatable bonds is 7. The Morgan fingerprint density at radius 3 is 2.67 bits per heavy atom. The van der Waals surface area contributed by atoms with Gasteiger partial charge in [-0.2, -0.15) is 0 Å². The second-order valence-corrected chi connectivity index (χ2v) is 7.83. The third kappa shape index (κ3) is 4.60. The molecule has 1 amide bonds. The van der Waals surface area contributed by atoms with Crippen molar-refractivity contribution < 1.29 is 14.3 Å². The number of likely N-dealkylation sites (tertiary alicyclic amines) is 1. The zero-order valence-electron chi connectivity index (χ0n) is 17.1. The van der Waals surface area contributed by atoms with Crippen molar-refractivity contribution in [3.63, 3.8) is 0 Å². The standard InChI is InChI=1S/C23H26ClN3O3/c1-2-15-29-16-22(28)26-12-9-19(10-13-26)30-18-5-3-17(4-6-18)20-7-8-21-25-11-14-27(21)23(20)24/h3-8,11,14,19H,2,9-10,12-13,15-16H2,1H3. The maximum atomic E-state index is 12.1. The number of amides is 1. The molecule has 1 aromatic carbocycles. The number of hydrogen-bond acceptors (Lipinski definition) is 4. The highest BCUT2D eigenvalue weighted by molar-refractivity contribution is 6.32. The average molecular weight is 428 g/mol. The van der Waals surface area contributed by atoms with Gasteiger partial charge in [0, 0.05) is 50.5 Å². The summed E-state index contributed by atoms with van der Waals surface area (Å²) in [6, 6.07) is 11.9. The fourth-order valence-corrected chi connectivity index (χ4v) is 4.01. The molecule has 1 aliphatic rings. The quantitative estimate of drug-likeness (QED) is 0.413. The highest BCUT2D eigenvalue weighted by Crippen LogP contribution is 2.30. The fourth-order valence-electron chi connectivity index (χ4n) is 3.70. The largest absolute Gasteiger partial charge is 0.490 e. The number of fused-ring (bicyclic) bond motifs is 1. The van der Waals surface area contributed by atoms with Crippen LogP contribution in [0.5, 0.6) is 5.75 Å². The van der Waals surface area contributed by atoms with Crippen LogP contribution in [0.25, 0.3) is 16.8 Å². The number of ether oxygens (including phenoxy) is 2. The summed E-state index contributed by atoms with van der Waals surface area (Å²) >= 11 is 6.54. The van der Waals surface area contributed by atoms with Gasteiger partial charge in [-0.15, -0.1) is 0 Å². The van der Waals surface area contributed by atoms with Crippen LogP contribution < -0.4 is 4.74 Å². The summed E-state index contributed by atoms with van der Waals surface area (Å²) in [4.78, 5) is 18.3. The first-order valence-corrected chi connectivity index (χ1v) is 10.8. The van der Waals surface area contributed by atoms with Crippen molar-refractivity contribution >= 4 is 23.2 Å². The van der Waals surface area contributed by atoms with Gasteiger partial charge in [-0.1, -0.05) is 30.7 Å². The monoisotopic (exact) mass is 427 g/mol. The summed E-state index contributed by atoms with van der Waals surface area (Å²) in [6.45, 7) is 4.25. The first kappa shape index (κ1) is 20.7. The summed E-state index contributed by atoms with van der Waals surface area (Å²) in [7, 11) is 0. The number of nitrogens with zero attached hydrogens (tertiary/aromatic N) is 3. The van der Waals surface area contributed by atoms with Crippen LogP contribution in [0.3, 0.4) is 0 Å². The van der Waals surface area contributed by atoms with E-state index in [1.165, 1.54) is 0 Å². The average Bonchev–Trinajstić information content (AvgIpc) is 3.25. The van der Waals surface area contributed by atoms with E-state index in [4.69, 9.17) is 21.1 Å². The van der Waals surface area contributed by atoms with Crippen molar-refractivity contribution in [1.82, 2.24) is 14.3 Å². The second-order valence-electron chi connectivity index (χ2n) is 7.47. The lowest BCUT2D eigenvalue weighted by molar-refractivity contribution is -0.137. The van der Waals surface area contributed by atoms with Gasteiger partial charge in [0.2, 0.25) is 5.91 Å². The molecule has 1 aliphatic heterocycles. The van der Waals surface area contributed by atoms with E-state index in [2.05, 4.69) is 4.98 Å². The Morgan fingerprint density at radius 2 is 1.93 bits per heavy atom. The van der Waals surface area contributed by atoms with Crippen LogP contribution in [0.15, 0.2) is 48.8 Å².